The van der Waals surface area contributed by atoms with Gasteiger partial charge in [-0.05, 0) is 50.3 Å². The van der Waals surface area contributed by atoms with E-state index in [-0.39, 0.29) is 30.5 Å². The van der Waals surface area contributed by atoms with Crippen molar-refractivity contribution >= 4 is 50.7 Å². The number of nitrogens with one attached hydrogen (secondary N) is 3. The Morgan fingerprint density at radius 2 is 2.00 bits per heavy atom. The first-order valence-electron chi connectivity index (χ1n) is 10.2. The van der Waals surface area contributed by atoms with Crippen LogP contribution in [0.3, 0.4) is 0 Å². The van der Waals surface area contributed by atoms with E-state index in [4.69, 9.17) is 4.74 Å². The van der Waals surface area contributed by atoms with Crippen LogP contribution in [-0.2, 0) is 21.0 Å². The van der Waals surface area contributed by atoms with Crippen LogP contribution in [0, 0.1) is 6.92 Å². The zero-order valence-corrected chi connectivity index (χ0v) is 21.1. The van der Waals surface area contributed by atoms with Gasteiger partial charge in [-0.15, -0.1) is 24.0 Å². The number of ether oxygens (including phenoxy) is 1. The first kappa shape index (κ1) is 24.9. The van der Waals surface area contributed by atoms with E-state index in [0.717, 1.165) is 11.9 Å². The lowest BCUT2D eigenvalue weighted by molar-refractivity contribution is 0.0768. The summed E-state index contributed by atoms with van der Waals surface area (Å²) in [6, 6.07) is 6.26. The van der Waals surface area contributed by atoms with Gasteiger partial charge >= 0.3 is 0 Å². The molecule has 1 aromatic carbocycles. The number of benzene rings is 1. The topological polar surface area (TPSA) is 95.6 Å². The lowest BCUT2D eigenvalue weighted by Crippen LogP contribution is -2.47. The molecule has 2 aromatic rings. The van der Waals surface area contributed by atoms with Crippen LogP contribution in [0.5, 0.6) is 0 Å². The van der Waals surface area contributed by atoms with Crippen LogP contribution in [0.1, 0.15) is 30.9 Å². The number of nitrogens with zero attached hydrogens (tertiary/aromatic N) is 1. The zero-order valence-electron chi connectivity index (χ0n) is 18.0. The average molecular weight is 548 g/mol. The van der Waals surface area contributed by atoms with Crippen molar-refractivity contribution in [3.8, 4) is 0 Å². The summed E-state index contributed by atoms with van der Waals surface area (Å²) in [5.41, 5.74) is 3.67. The van der Waals surface area contributed by atoms with Gasteiger partial charge in [-0.2, -0.15) is 0 Å². The van der Waals surface area contributed by atoms with Gasteiger partial charge in [0, 0.05) is 49.7 Å². The van der Waals surface area contributed by atoms with Gasteiger partial charge < -0.3 is 20.4 Å². The fraction of sp³-hybridized carbons (Fsp3) is 0.571. The second kappa shape index (κ2) is 10.8. The Bertz CT molecular complexity index is 966. The van der Waals surface area contributed by atoms with E-state index >= 15 is 0 Å². The molecular formula is C21H33IN4O3S. The van der Waals surface area contributed by atoms with Crippen LogP contribution in [0.15, 0.2) is 29.4 Å². The van der Waals surface area contributed by atoms with Crippen molar-refractivity contribution in [2.75, 3.05) is 39.1 Å². The van der Waals surface area contributed by atoms with Crippen LogP contribution in [0.25, 0.3) is 10.9 Å². The number of rotatable bonds is 7. The Labute approximate surface area is 196 Å². The highest BCUT2D eigenvalue weighted by atomic mass is 127. The maximum absolute atomic E-state index is 12.4. The van der Waals surface area contributed by atoms with Gasteiger partial charge in [-0.3, -0.25) is 4.99 Å². The highest BCUT2D eigenvalue weighted by molar-refractivity contribution is 14.0. The maximum atomic E-state index is 12.4. The number of aryl methyl sites for hydroxylation is 1. The molecule has 0 amide bonds. The van der Waals surface area contributed by atoms with Gasteiger partial charge in [0.05, 0.1) is 11.3 Å². The first-order valence-corrected chi connectivity index (χ1v) is 12.1. The van der Waals surface area contributed by atoms with Gasteiger partial charge in [0.25, 0.3) is 0 Å². The lowest BCUT2D eigenvalue weighted by Gasteiger charge is -2.34. The summed E-state index contributed by atoms with van der Waals surface area (Å²) >= 11 is 0. The molecule has 0 saturated carbocycles. The molecule has 1 aromatic heterocycles. The molecule has 2 heterocycles. The van der Waals surface area contributed by atoms with Crippen molar-refractivity contribution < 1.29 is 13.2 Å². The van der Waals surface area contributed by atoms with E-state index < -0.39 is 14.6 Å². The molecule has 9 heteroatoms. The lowest BCUT2D eigenvalue weighted by atomic mass is 9.99. The fourth-order valence-electron chi connectivity index (χ4n) is 3.92. The standard InChI is InChI=1S/C21H32N4O3S.HI/c1-4-22-20(25-15-21(29(3,26)27)9-12-28-13-10-21)23-11-8-17-14-24-18-7-5-6-16(2)19(17)18;/h5-7,14,24H,4,8-13,15H2,1-3H3,(H2,22,23,25);1H. The number of hydrogen-bond acceptors (Lipinski definition) is 4. The summed E-state index contributed by atoms with van der Waals surface area (Å²) in [7, 11) is -3.23. The number of aliphatic imine (C=N–C) groups is 1. The van der Waals surface area contributed by atoms with E-state index in [1.807, 2.05) is 6.92 Å². The molecule has 1 aliphatic rings. The van der Waals surface area contributed by atoms with Crippen molar-refractivity contribution in [1.29, 1.82) is 0 Å². The van der Waals surface area contributed by atoms with Crippen molar-refractivity contribution in [1.82, 2.24) is 15.6 Å². The van der Waals surface area contributed by atoms with Gasteiger partial charge in [-0.1, -0.05) is 12.1 Å². The molecule has 0 unspecified atom stereocenters. The highest BCUT2D eigenvalue weighted by Crippen LogP contribution is 2.29. The Kier molecular flexibility index (Phi) is 8.98. The van der Waals surface area contributed by atoms with E-state index in [0.29, 0.717) is 45.1 Å². The number of aromatic amines is 1. The molecule has 30 heavy (non-hydrogen) atoms. The number of fused-ring (bicyclic) bond motifs is 1. The zero-order chi connectivity index (χ0) is 20.9. The predicted octanol–water partition coefficient (Wildman–Crippen LogP) is 2.79. The van der Waals surface area contributed by atoms with Gasteiger partial charge in [0.1, 0.15) is 0 Å². The fourth-order valence-corrected chi connectivity index (χ4v) is 5.13. The minimum Gasteiger partial charge on any atom is -0.381 e. The number of guanidine groups is 1. The van der Waals surface area contributed by atoms with Crippen molar-refractivity contribution in [2.24, 2.45) is 4.99 Å². The van der Waals surface area contributed by atoms with Crippen molar-refractivity contribution in [3.05, 3.63) is 35.5 Å². The SMILES string of the molecule is CCNC(=NCC1(S(C)(=O)=O)CCOCC1)NCCc1c[nH]c2cccc(C)c12.I. The third-order valence-corrected chi connectivity index (χ3v) is 7.85. The van der Waals surface area contributed by atoms with Crippen LogP contribution in [0.4, 0.5) is 0 Å². The third-order valence-electron chi connectivity index (χ3n) is 5.74. The van der Waals surface area contributed by atoms with Gasteiger partial charge in [0.15, 0.2) is 15.8 Å². The van der Waals surface area contributed by atoms with Crippen LogP contribution in [-0.4, -0.2) is 63.2 Å². The molecular weight excluding hydrogens is 515 g/mol. The van der Waals surface area contributed by atoms with E-state index in [1.54, 1.807) is 0 Å². The molecule has 0 atom stereocenters. The number of aromatic nitrogens is 1. The Hall–Kier alpha value is -1.33. The number of halogens is 1. The Morgan fingerprint density at radius 1 is 1.27 bits per heavy atom. The van der Waals surface area contributed by atoms with Crippen LogP contribution >= 0.6 is 24.0 Å². The maximum Gasteiger partial charge on any atom is 0.191 e. The van der Waals surface area contributed by atoms with E-state index in [1.165, 1.54) is 22.8 Å². The minimum atomic E-state index is -3.23. The molecule has 0 aliphatic carbocycles. The van der Waals surface area contributed by atoms with Crippen LogP contribution < -0.4 is 10.6 Å². The summed E-state index contributed by atoms with van der Waals surface area (Å²) < 4.78 is 29.4. The molecule has 7 nitrogen and oxygen atoms in total. The highest BCUT2D eigenvalue weighted by Gasteiger charge is 2.42. The van der Waals surface area contributed by atoms with E-state index in [2.05, 4.69) is 51.9 Å². The molecule has 1 saturated heterocycles. The Morgan fingerprint density at radius 3 is 2.67 bits per heavy atom. The smallest absolute Gasteiger partial charge is 0.191 e. The summed E-state index contributed by atoms with van der Waals surface area (Å²) in [6.07, 6.45) is 5.20. The van der Waals surface area contributed by atoms with Crippen molar-refractivity contribution in [2.45, 2.75) is 37.9 Å². The summed E-state index contributed by atoms with van der Waals surface area (Å²) in [5.74, 6) is 0.651. The normalized spacial score (nSPS) is 16.8. The molecule has 3 N–H and O–H groups in total. The quantitative estimate of drug-likeness (QED) is 0.281. The average Bonchev–Trinajstić information content (AvgIpc) is 3.10. The number of H-pyrrole nitrogens is 1. The molecule has 168 valence electrons. The second-order valence-corrected chi connectivity index (χ2v) is 10.2. The van der Waals surface area contributed by atoms with Crippen molar-refractivity contribution in [3.63, 3.8) is 0 Å². The predicted molar refractivity (Wildman–Crippen MR) is 134 cm³/mol. The van der Waals surface area contributed by atoms with Gasteiger partial charge in [-0.25, -0.2) is 8.42 Å². The van der Waals surface area contributed by atoms with Gasteiger partial charge in [0.2, 0.25) is 0 Å². The summed E-state index contributed by atoms with van der Waals surface area (Å²) in [6.45, 7) is 6.73. The third kappa shape index (κ3) is 5.67. The monoisotopic (exact) mass is 548 g/mol. The van der Waals surface area contributed by atoms with E-state index in [9.17, 15) is 8.42 Å². The second-order valence-electron chi connectivity index (χ2n) is 7.75. The molecule has 0 spiro atoms. The number of hydrogen-bond donors (Lipinski definition) is 3. The summed E-state index contributed by atoms with van der Waals surface area (Å²) in [5, 5.41) is 7.85. The molecule has 0 bridgehead atoms. The molecule has 0 radical (unpaired) electrons. The largest absolute Gasteiger partial charge is 0.381 e. The molecule has 1 aliphatic heterocycles. The molecule has 1 fully saturated rings. The minimum absolute atomic E-state index is 0. The Balaban J connectivity index is 0.00000320. The number of sulfone groups is 1. The summed E-state index contributed by atoms with van der Waals surface area (Å²) in [4.78, 5) is 7.96. The van der Waals surface area contributed by atoms with Crippen LogP contribution in [0.2, 0.25) is 0 Å². The first-order chi connectivity index (χ1) is 13.9. The molecule has 3 rings (SSSR count).